The summed E-state index contributed by atoms with van der Waals surface area (Å²) in [5.74, 6) is 1.25. The number of nitrogens with zero attached hydrogens (tertiary/aromatic N) is 5. The Balaban J connectivity index is 0.000000542. The quantitative estimate of drug-likeness (QED) is 0.112. The summed E-state index contributed by atoms with van der Waals surface area (Å²) < 4.78 is 7.50. The molecule has 8 rings (SSSR count). The molecule has 0 aliphatic carbocycles. The van der Waals surface area contributed by atoms with Crippen molar-refractivity contribution in [2.24, 2.45) is 0 Å². The molecule has 6 nitrogen and oxygen atoms in total. The van der Waals surface area contributed by atoms with Gasteiger partial charge in [0.15, 0.2) is 0 Å². The van der Waals surface area contributed by atoms with Gasteiger partial charge in [-0.1, -0.05) is 35.8 Å². The van der Waals surface area contributed by atoms with E-state index < -0.39 is 0 Å². The fourth-order valence-corrected chi connectivity index (χ4v) is 5.36. The van der Waals surface area contributed by atoms with Gasteiger partial charge in [0.1, 0.15) is 0 Å². The van der Waals surface area contributed by atoms with Gasteiger partial charge in [-0.2, -0.15) is 43.1 Å². The Morgan fingerprint density at radius 1 is 0.717 bits per heavy atom. The van der Waals surface area contributed by atoms with E-state index in [4.69, 9.17) is 11.2 Å². The third kappa shape index (κ3) is 9.85. The molecule has 0 unspecified atom stereocenters. The second-order valence-corrected chi connectivity index (χ2v) is 11.3. The van der Waals surface area contributed by atoms with Gasteiger partial charge in [0, 0.05) is 50.6 Å². The topological polar surface area (TPSA) is 36.8 Å². The molecule has 53 heavy (non-hydrogen) atoms. The van der Waals surface area contributed by atoms with Gasteiger partial charge in [-0.25, -0.2) is 24.2 Å². The molecule has 0 atom stereocenters. The van der Waals surface area contributed by atoms with Crippen LogP contribution in [0.25, 0.3) is 22.4 Å². The average molecular weight is 1050 g/mol. The fraction of sp³-hybridized carbons (Fsp3) is 0.0222. The smallest absolute Gasteiger partial charge is 0.669 e. The molecule has 1 aliphatic heterocycles. The van der Waals surface area contributed by atoms with Crippen molar-refractivity contribution in [2.45, 2.75) is 0 Å². The Hall–Kier alpha value is -5.59. The summed E-state index contributed by atoms with van der Waals surface area (Å²) in [5, 5.41) is 0. The molecule has 7 aromatic rings. The number of para-hydroxylation sites is 2. The van der Waals surface area contributed by atoms with E-state index in [-0.39, 0.29) is 42.1 Å². The summed E-state index contributed by atoms with van der Waals surface area (Å²) in [4.78, 5) is 10.9. The van der Waals surface area contributed by atoms with Gasteiger partial charge in [-0.05, 0) is 49.4 Å². The van der Waals surface area contributed by atoms with E-state index in [2.05, 4.69) is 70.5 Å². The average Bonchev–Trinajstić information content (AvgIpc) is 3.89. The molecule has 0 saturated heterocycles. The first-order valence-corrected chi connectivity index (χ1v) is 16.2. The van der Waals surface area contributed by atoms with Crippen LogP contribution in [0.4, 0.5) is 22.7 Å². The molecule has 264 valence electrons. The van der Waals surface area contributed by atoms with Crippen molar-refractivity contribution in [3.05, 3.63) is 202 Å². The van der Waals surface area contributed by atoms with Crippen LogP contribution in [0.5, 0.6) is 11.5 Å². The van der Waals surface area contributed by atoms with E-state index in [1.807, 2.05) is 139 Å². The van der Waals surface area contributed by atoms with Gasteiger partial charge in [0.2, 0.25) is 0 Å². The summed E-state index contributed by atoms with van der Waals surface area (Å²) >= 11 is 0. The van der Waals surface area contributed by atoms with Crippen molar-refractivity contribution in [1.82, 2.24) is 14.5 Å². The van der Waals surface area contributed by atoms with Crippen LogP contribution in [0.2, 0.25) is 0 Å². The summed E-state index contributed by atoms with van der Waals surface area (Å²) in [6.07, 6.45) is 15.8. The van der Waals surface area contributed by atoms with Crippen LogP contribution in [0.1, 0.15) is 0 Å². The molecule has 0 amide bonds. The molecule has 0 fully saturated rings. The summed E-state index contributed by atoms with van der Waals surface area (Å²) in [7, 11) is 2.00. The summed E-state index contributed by atoms with van der Waals surface area (Å²) in [6, 6.07) is 60.6. The third-order valence-corrected chi connectivity index (χ3v) is 7.76. The zero-order valence-corrected chi connectivity index (χ0v) is 32.9. The van der Waals surface area contributed by atoms with Crippen molar-refractivity contribution < 1.29 is 46.9 Å². The molecule has 1 aliphatic rings. The predicted molar refractivity (Wildman–Crippen MR) is 201 cm³/mol. The Labute approximate surface area is 340 Å². The Bertz CT molecular complexity index is 2270. The van der Waals surface area contributed by atoms with E-state index >= 15 is 0 Å². The number of benzene rings is 5. The van der Waals surface area contributed by atoms with Crippen LogP contribution < -0.4 is 14.5 Å². The van der Waals surface area contributed by atoms with Crippen LogP contribution >= 0.6 is 0 Å². The number of rotatable bonds is 8. The van der Waals surface area contributed by atoms with E-state index in [9.17, 15) is 0 Å². The molecule has 0 bridgehead atoms. The normalized spacial score (nSPS) is 11.3. The second-order valence-electron chi connectivity index (χ2n) is 11.3. The Morgan fingerprint density at radius 2 is 1.43 bits per heavy atom. The fourth-order valence-electron chi connectivity index (χ4n) is 5.36. The van der Waals surface area contributed by atoms with Gasteiger partial charge >= 0.3 is 21.1 Å². The van der Waals surface area contributed by atoms with Crippen LogP contribution in [-0.2, 0) is 42.1 Å². The zero-order valence-electron chi connectivity index (χ0n) is 28.4. The van der Waals surface area contributed by atoms with Crippen LogP contribution in [0.3, 0.4) is 0 Å². The van der Waals surface area contributed by atoms with Crippen molar-refractivity contribution in [1.29, 1.82) is 0 Å². The summed E-state index contributed by atoms with van der Waals surface area (Å²) in [6.45, 7) is 2.02. The minimum atomic E-state index is 0. The Kier molecular flexibility index (Phi) is 13.7. The van der Waals surface area contributed by atoms with Gasteiger partial charge in [-0.3, -0.25) is 11.1 Å². The molecule has 3 heterocycles. The molecular weight excluding hydrogens is 1020 g/mol. The first kappa shape index (κ1) is 38.6. The van der Waals surface area contributed by atoms with Crippen molar-refractivity contribution in [2.75, 3.05) is 16.8 Å². The number of ether oxygens (including phenoxy) is 1. The molecule has 5 aromatic carbocycles. The monoisotopic (exact) mass is 1050 g/mol. The standard InChI is InChI=1S/C39H26N4O.C6H4N.2Pt/c1-41-23-24-42(29-41)34-15-10-17-36(28-34)43(33-13-4-2-5-14-33)35-16-8-12-32(25-35)39-27-31(21-22-40-39)30-11-9-20-38(26-30)44-37-18-6-3-7-19-37;1-2-7-5-3-4-6-7;;/h2-18,20,22-24,27,29H,1H3;3-6H;;/q-6;-1;;+4. The van der Waals surface area contributed by atoms with E-state index in [0.29, 0.717) is 11.5 Å². The summed E-state index contributed by atoms with van der Waals surface area (Å²) in [5.41, 5.74) is 7.07. The van der Waals surface area contributed by atoms with Gasteiger partial charge in [-0.15, -0.1) is 71.9 Å². The number of anilines is 4. The SMILES string of the molecule is CN1C=CN(c2[c-]c(N(c3[c-]c(-c4cc(-c5[c-]c(Oc6[c-]cccc6)ccc5)[c-]cn4)ccc3)c3ccccc3)ccc2)[CH-]1.[C-]#Cn1cccc1.[Pt+4].[Pt]. The second kappa shape index (κ2) is 18.8. The third-order valence-electron chi connectivity index (χ3n) is 7.76. The maximum Gasteiger partial charge on any atom is 4.00 e. The van der Waals surface area contributed by atoms with Gasteiger partial charge in [0.05, 0.1) is 0 Å². The van der Waals surface area contributed by atoms with Crippen molar-refractivity contribution >= 4 is 22.7 Å². The van der Waals surface area contributed by atoms with E-state index in [0.717, 1.165) is 45.1 Å². The van der Waals surface area contributed by atoms with Crippen molar-refractivity contribution in [3.8, 4) is 39.9 Å². The zero-order chi connectivity index (χ0) is 34.8. The first-order chi connectivity index (χ1) is 25.1. The molecule has 8 heteroatoms. The van der Waals surface area contributed by atoms with Crippen LogP contribution in [0.15, 0.2) is 158 Å². The number of pyridine rings is 1. The van der Waals surface area contributed by atoms with Crippen LogP contribution in [-0.4, -0.2) is 21.5 Å². The van der Waals surface area contributed by atoms with Crippen molar-refractivity contribution in [3.63, 3.8) is 0 Å². The molecule has 0 radical (unpaired) electrons. The van der Waals surface area contributed by atoms with Gasteiger partial charge < -0.3 is 35.4 Å². The molecule has 2 aromatic heterocycles. The molecule has 0 saturated carbocycles. The molecule has 0 N–H and O–H groups in total. The van der Waals surface area contributed by atoms with Crippen LogP contribution in [0, 0.1) is 49.5 Å². The predicted octanol–water partition coefficient (Wildman–Crippen LogP) is 9.90. The first-order valence-electron chi connectivity index (χ1n) is 16.2. The van der Waals surface area contributed by atoms with Gasteiger partial charge in [0.25, 0.3) is 0 Å². The largest absolute Gasteiger partial charge is 4.00 e. The minimum Gasteiger partial charge on any atom is -0.669 e. The minimum absolute atomic E-state index is 0. The number of hydrogen-bond acceptors (Lipinski definition) is 5. The Morgan fingerprint density at radius 3 is 2.15 bits per heavy atom. The maximum absolute atomic E-state index is 6.57. The molecular formula is C45H30N5OPt2-3. The van der Waals surface area contributed by atoms with E-state index in [1.54, 1.807) is 23.2 Å². The maximum atomic E-state index is 6.57. The number of aromatic nitrogens is 2. The van der Waals surface area contributed by atoms with E-state index in [1.165, 1.54) is 0 Å². The molecule has 0 spiro atoms. The number of hydrogen-bond donors (Lipinski definition) is 0.